The van der Waals surface area contributed by atoms with Gasteiger partial charge in [0.15, 0.2) is 11.2 Å². The lowest BCUT2D eigenvalue weighted by Gasteiger charge is -2.71. The molecule has 17 nitrogen and oxygen atoms in total. The van der Waals surface area contributed by atoms with Crippen molar-refractivity contribution >= 4 is 28.5 Å². The average Bonchev–Trinajstić information content (AvgIpc) is 3.13. The minimum absolute atomic E-state index is 0.0215. The molecule has 2 saturated heterocycles. The summed E-state index contributed by atoms with van der Waals surface area (Å²) in [7, 11) is -4.81. The van der Waals surface area contributed by atoms with E-state index in [1.54, 1.807) is 31.4 Å². The van der Waals surface area contributed by atoms with Crippen LogP contribution in [-0.4, -0.2) is 64.8 Å². The molecule has 3 N–H and O–H groups in total. The molecule has 2 spiro atoms. The van der Waals surface area contributed by atoms with E-state index in [1.807, 2.05) is 6.07 Å². The first-order valence-electron chi connectivity index (χ1n) is 19.6. The second kappa shape index (κ2) is 13.3. The minimum atomic E-state index is -4.97. The Morgan fingerprint density at radius 2 is 1.29 bits per heavy atom. The highest BCUT2D eigenvalue weighted by atomic mass is 31.2. The molecule has 0 aromatic heterocycles. The molecule has 310 valence electrons. The molecular formula is C39H45N2O15P2+. The zero-order valence-electron chi connectivity index (χ0n) is 31.9. The maximum atomic E-state index is 11.8. The second-order valence-corrected chi connectivity index (χ2v) is 19.4. The molecule has 2 aromatic rings. The van der Waals surface area contributed by atoms with Crippen molar-refractivity contribution in [3.63, 3.8) is 0 Å². The van der Waals surface area contributed by atoms with Crippen LogP contribution in [0.2, 0.25) is 0 Å². The summed E-state index contributed by atoms with van der Waals surface area (Å²) in [5.41, 5.74) is -1.24. The van der Waals surface area contributed by atoms with Gasteiger partial charge in [-0.2, -0.15) is 15.0 Å². The van der Waals surface area contributed by atoms with Crippen LogP contribution in [0.25, 0.3) is 0 Å². The monoisotopic (exact) mass is 843 g/mol. The number of benzene rings is 2. The van der Waals surface area contributed by atoms with Gasteiger partial charge >= 0.3 is 16.1 Å². The van der Waals surface area contributed by atoms with Crippen molar-refractivity contribution in [3.05, 3.63) is 53.1 Å². The lowest BCUT2D eigenvalue weighted by Crippen LogP contribution is -2.79. The third-order valence-electron chi connectivity index (χ3n) is 15.0. The second-order valence-electron chi connectivity index (χ2n) is 17.6. The molecule has 7 unspecified atom stereocenters. The van der Waals surface area contributed by atoms with Gasteiger partial charge in [0, 0.05) is 53.6 Å². The van der Waals surface area contributed by atoms with Crippen LogP contribution in [-0.2, 0) is 59.2 Å². The summed E-state index contributed by atoms with van der Waals surface area (Å²) in [5.74, 6) is -1.99. The molecule has 8 bridgehead atoms. The fraction of sp³-hybridized carbons (Fsp3) is 0.641. The summed E-state index contributed by atoms with van der Waals surface area (Å²) in [6.07, 6.45) is 8.22. The van der Waals surface area contributed by atoms with Gasteiger partial charge in [0.05, 0.1) is 16.8 Å². The predicted molar refractivity (Wildman–Crippen MR) is 197 cm³/mol. The first-order valence-corrected chi connectivity index (χ1v) is 22.2. The summed E-state index contributed by atoms with van der Waals surface area (Å²) in [4.78, 5) is 56.7. The third-order valence-corrected chi connectivity index (χ3v) is 15.8. The molecular weight excluding hydrogens is 798 g/mol. The van der Waals surface area contributed by atoms with Gasteiger partial charge in [0.2, 0.25) is 5.75 Å². The topological polar surface area (TPSA) is 223 Å². The lowest BCUT2D eigenvalue weighted by molar-refractivity contribution is -0.648. The maximum Gasteiger partial charge on any atom is 0.747 e. The fourth-order valence-electron chi connectivity index (χ4n) is 13.4. The number of aliphatic imine (C=N–C) groups is 1. The summed E-state index contributed by atoms with van der Waals surface area (Å²) in [5, 5.41) is 9.61. The van der Waals surface area contributed by atoms with Crippen LogP contribution in [0.3, 0.4) is 0 Å². The Hall–Kier alpha value is -2.91. The number of phosphoric acid groups is 1. The Morgan fingerprint density at radius 3 is 1.69 bits per heavy atom. The molecule has 2 aromatic carbocycles. The van der Waals surface area contributed by atoms with Crippen molar-refractivity contribution in [2.75, 3.05) is 21.0 Å². The largest absolute Gasteiger partial charge is 0.747 e. The number of phosphoric ester groups is 1. The van der Waals surface area contributed by atoms with Crippen molar-refractivity contribution in [3.8, 4) is 17.6 Å². The van der Waals surface area contributed by atoms with Crippen molar-refractivity contribution in [2.24, 2.45) is 40.5 Å². The van der Waals surface area contributed by atoms with E-state index < -0.39 is 50.1 Å². The Labute approximate surface area is 334 Å². The highest BCUT2D eigenvalue weighted by molar-refractivity contribution is 7.46. The fourth-order valence-corrected chi connectivity index (χ4v) is 14.1. The van der Waals surface area contributed by atoms with Crippen LogP contribution in [0.1, 0.15) is 80.9 Å². The highest BCUT2D eigenvalue weighted by Gasteiger charge is 2.80. The van der Waals surface area contributed by atoms with Crippen molar-refractivity contribution in [2.45, 2.75) is 98.2 Å². The molecule has 19 heteroatoms. The number of nitrogens with zero attached hydrogens (tertiary/aromatic N) is 2. The molecule has 8 aliphatic carbocycles. The van der Waals surface area contributed by atoms with Crippen molar-refractivity contribution < 1.29 is 71.4 Å². The number of methoxy groups -OCH3 is 2. The molecule has 2 aliphatic heterocycles. The summed E-state index contributed by atoms with van der Waals surface area (Å²) >= 11 is 0. The Morgan fingerprint density at radius 1 is 0.810 bits per heavy atom. The summed E-state index contributed by atoms with van der Waals surface area (Å²) in [6.45, 7) is 3.69. The first-order chi connectivity index (χ1) is 27.7. The van der Waals surface area contributed by atoms with Crippen LogP contribution in [0.15, 0.2) is 41.4 Å². The smallest absolute Gasteiger partial charge is 0.403 e. The van der Waals surface area contributed by atoms with Crippen LogP contribution < -0.4 is 9.05 Å². The molecule has 12 rings (SSSR count). The molecule has 2 heterocycles. The summed E-state index contributed by atoms with van der Waals surface area (Å²) < 4.78 is 59.7. The van der Waals surface area contributed by atoms with E-state index in [9.17, 15) is 29.1 Å². The molecule has 7 atom stereocenters. The molecule has 10 aliphatic rings. The standard InChI is InChI=1S/C39H44N2O15P2/c1-41-31-7-6-26(13-33(31)51-57(42)43)39(48-3)37(54-56-39)29-10-23-11-30(37)19-35(15-23,18-29)50-21-49-34-14-22-8-27(16-34)36(28(9-22)17-34)38(47-2,55-53-36)25-5-4-24(20-40)32(12-25)52-58(44,45)46/h4-7,12-13,22-23,27-30H,1,8-11,14-19,21H2,2-3H3,(H2-,42,43,44,45,46)/p+1. The van der Waals surface area contributed by atoms with Gasteiger partial charge in [0.1, 0.15) is 24.3 Å². The van der Waals surface area contributed by atoms with Crippen molar-refractivity contribution in [1.29, 1.82) is 5.26 Å². The van der Waals surface area contributed by atoms with Gasteiger partial charge < -0.3 is 23.5 Å². The third kappa shape index (κ3) is 5.35. The van der Waals surface area contributed by atoms with E-state index in [-0.39, 0.29) is 47.5 Å². The number of nitriles is 1. The lowest BCUT2D eigenvalue weighted by atomic mass is 9.45. The minimum Gasteiger partial charge on any atom is -0.403 e. The number of hydrogen-bond donors (Lipinski definition) is 3. The van der Waals surface area contributed by atoms with Gasteiger partial charge in [0.25, 0.3) is 11.6 Å². The van der Waals surface area contributed by atoms with Gasteiger partial charge in [-0.25, -0.2) is 18.9 Å². The van der Waals surface area contributed by atoms with Gasteiger partial charge in [-0.15, -0.1) is 4.89 Å². The molecule has 0 radical (unpaired) electrons. The number of rotatable bonds is 13. The van der Waals surface area contributed by atoms with E-state index >= 15 is 0 Å². The van der Waals surface area contributed by atoms with E-state index in [0.29, 0.717) is 41.5 Å². The van der Waals surface area contributed by atoms with Crippen molar-refractivity contribution in [1.82, 2.24) is 0 Å². The average molecular weight is 844 g/mol. The van der Waals surface area contributed by atoms with Crippen LogP contribution in [0, 0.1) is 46.8 Å². The maximum absolute atomic E-state index is 11.8. The van der Waals surface area contributed by atoms with Gasteiger partial charge in [-0.3, -0.25) is 14.8 Å². The zero-order valence-corrected chi connectivity index (χ0v) is 33.7. The number of hydrogen-bond acceptors (Lipinski definition) is 14. The SMILES string of the molecule is C=Nc1ccc(C2(OC)OOC23C2CC4CC3CC(OCOC35CC6CC(C3)C3(OOC3(OC)c3ccc(C#N)c(OP(=O)(O)O)c3)C(C6)C5)(C4)C2)cc1O[P+](=O)O. The molecule has 58 heavy (non-hydrogen) atoms. The zero-order chi connectivity index (χ0) is 40.5. The molecule has 0 amide bonds. The van der Waals surface area contributed by atoms with E-state index in [2.05, 4.69) is 11.7 Å². The highest BCUT2D eigenvalue weighted by Crippen LogP contribution is 2.73. The molecule has 10 fully saturated rings. The van der Waals surface area contributed by atoms with Crippen LogP contribution in [0.5, 0.6) is 11.5 Å². The van der Waals surface area contributed by atoms with E-state index in [0.717, 1.165) is 51.4 Å². The predicted octanol–water partition coefficient (Wildman–Crippen LogP) is 6.24. The van der Waals surface area contributed by atoms with Gasteiger partial charge in [-0.05, 0) is 107 Å². The van der Waals surface area contributed by atoms with E-state index in [1.165, 1.54) is 19.2 Å². The summed E-state index contributed by atoms with van der Waals surface area (Å²) in [6, 6.07) is 11.5. The normalized spacial score (nSPS) is 42.9. The van der Waals surface area contributed by atoms with Crippen LogP contribution >= 0.6 is 16.1 Å². The quantitative estimate of drug-likeness (QED) is 0.0879. The first kappa shape index (κ1) is 39.2. The Kier molecular flexibility index (Phi) is 8.99. The van der Waals surface area contributed by atoms with Crippen LogP contribution in [0.4, 0.5) is 5.69 Å². The Bertz CT molecular complexity index is 2120. The molecule has 8 saturated carbocycles. The Balaban J connectivity index is 0.864. The van der Waals surface area contributed by atoms with E-state index in [4.69, 9.17) is 47.5 Å². The van der Waals surface area contributed by atoms with Gasteiger partial charge in [-0.1, -0.05) is 12.1 Å². The number of ether oxygens (including phenoxy) is 4.